The van der Waals surface area contributed by atoms with E-state index in [2.05, 4.69) is 21.0 Å². The Labute approximate surface area is 194 Å². The number of esters is 1. The molecule has 7 nitrogen and oxygen atoms in total. The van der Waals surface area contributed by atoms with Crippen LogP contribution in [0.15, 0.2) is 53.0 Å². The minimum Gasteiger partial charge on any atom is -0.461 e. The minimum absolute atomic E-state index is 0.128. The van der Waals surface area contributed by atoms with Gasteiger partial charge < -0.3 is 14.7 Å². The van der Waals surface area contributed by atoms with Crippen molar-refractivity contribution in [2.45, 2.75) is 32.9 Å². The molecule has 1 amide bonds. The van der Waals surface area contributed by atoms with Crippen LogP contribution in [-0.4, -0.2) is 50.9 Å². The first-order valence-electron chi connectivity index (χ1n) is 10.4. The zero-order chi connectivity index (χ0) is 22.8. The van der Waals surface area contributed by atoms with Gasteiger partial charge in [0.15, 0.2) is 5.69 Å². The maximum Gasteiger partial charge on any atom is 0.358 e. The summed E-state index contributed by atoms with van der Waals surface area (Å²) in [5.74, 6) is -0.713. The molecule has 3 aromatic rings. The van der Waals surface area contributed by atoms with E-state index in [1.165, 1.54) is 0 Å². The van der Waals surface area contributed by atoms with Gasteiger partial charge in [-0.1, -0.05) is 40.2 Å². The number of benzene rings is 2. The fourth-order valence-electron chi connectivity index (χ4n) is 4.03. The van der Waals surface area contributed by atoms with Crippen molar-refractivity contribution in [2.24, 2.45) is 0 Å². The first-order chi connectivity index (χ1) is 15.4. The van der Waals surface area contributed by atoms with Crippen molar-refractivity contribution in [3.8, 4) is 5.69 Å². The molecular weight excluding hydrogens is 474 g/mol. The molecule has 166 valence electrons. The van der Waals surface area contributed by atoms with E-state index >= 15 is 0 Å². The molecule has 0 aliphatic carbocycles. The Hall–Kier alpha value is -2.97. The summed E-state index contributed by atoms with van der Waals surface area (Å²) in [4.78, 5) is 27.6. The molecule has 1 atom stereocenters. The van der Waals surface area contributed by atoms with Crippen molar-refractivity contribution in [2.75, 3.05) is 13.2 Å². The second-order valence-electron chi connectivity index (χ2n) is 7.71. The van der Waals surface area contributed by atoms with E-state index in [1.54, 1.807) is 34.7 Å². The molecule has 1 unspecified atom stereocenters. The number of ether oxygens (including phenoxy) is 1. The van der Waals surface area contributed by atoms with E-state index in [0.29, 0.717) is 29.9 Å². The number of carbonyl (C=O) groups is 2. The van der Waals surface area contributed by atoms with Gasteiger partial charge in [0.1, 0.15) is 0 Å². The molecule has 8 heteroatoms. The van der Waals surface area contributed by atoms with E-state index in [4.69, 9.17) is 4.74 Å². The van der Waals surface area contributed by atoms with Crippen molar-refractivity contribution in [3.63, 3.8) is 0 Å². The van der Waals surface area contributed by atoms with Gasteiger partial charge in [-0.25, -0.2) is 9.48 Å². The molecule has 0 radical (unpaired) electrons. The molecule has 0 spiro atoms. The molecule has 1 aromatic heterocycles. The normalized spacial score (nSPS) is 15.4. The number of halogens is 1. The second kappa shape index (κ2) is 9.26. The second-order valence-corrected chi connectivity index (χ2v) is 8.62. The largest absolute Gasteiger partial charge is 0.461 e. The minimum atomic E-state index is -0.507. The molecule has 0 bridgehead atoms. The number of hydrogen-bond donors (Lipinski definition) is 1. The number of aromatic nitrogens is 2. The molecule has 0 saturated carbocycles. The Morgan fingerprint density at radius 3 is 2.66 bits per heavy atom. The number of aryl methyl sites for hydroxylation is 1. The van der Waals surface area contributed by atoms with Crippen LogP contribution in [0.1, 0.15) is 44.6 Å². The van der Waals surface area contributed by atoms with Gasteiger partial charge in [-0.3, -0.25) is 4.79 Å². The van der Waals surface area contributed by atoms with Crippen molar-refractivity contribution < 1.29 is 19.4 Å². The highest BCUT2D eigenvalue weighted by atomic mass is 79.9. The molecular formula is C24H24BrN3O4. The van der Waals surface area contributed by atoms with Crippen LogP contribution in [0.2, 0.25) is 0 Å². The number of hydrogen-bond acceptors (Lipinski definition) is 5. The quantitative estimate of drug-likeness (QED) is 0.543. The third kappa shape index (κ3) is 4.20. The number of amides is 1. The molecule has 1 aliphatic rings. The predicted molar refractivity (Wildman–Crippen MR) is 123 cm³/mol. The summed E-state index contributed by atoms with van der Waals surface area (Å²) in [6.07, 6.45) is 0.593. The number of aliphatic hydroxyl groups is 1. The Bertz CT molecular complexity index is 1170. The number of carbonyl (C=O) groups excluding carboxylic acids is 2. The average Bonchev–Trinajstić information content (AvgIpc) is 3.19. The van der Waals surface area contributed by atoms with Gasteiger partial charge in [0.25, 0.3) is 5.91 Å². The van der Waals surface area contributed by atoms with E-state index in [-0.39, 0.29) is 30.9 Å². The fraction of sp³-hybridized carbons (Fsp3) is 0.292. The average molecular weight is 498 g/mol. The Kier molecular flexibility index (Phi) is 6.43. The number of rotatable bonds is 5. The SMILES string of the molecule is CCOC(=O)c1cc(C)n(-c2ccc(Br)cc2C(=O)N2Cc3ccccc3CC2CO)n1. The zero-order valence-electron chi connectivity index (χ0n) is 17.9. The lowest BCUT2D eigenvalue weighted by Gasteiger charge is -2.36. The summed E-state index contributed by atoms with van der Waals surface area (Å²) in [5, 5.41) is 14.4. The van der Waals surface area contributed by atoms with Gasteiger partial charge in [-0.2, -0.15) is 5.10 Å². The van der Waals surface area contributed by atoms with Gasteiger partial charge in [0.2, 0.25) is 0 Å². The van der Waals surface area contributed by atoms with Crippen LogP contribution in [0.4, 0.5) is 0 Å². The topological polar surface area (TPSA) is 84.7 Å². The highest BCUT2D eigenvalue weighted by Crippen LogP contribution is 2.28. The highest BCUT2D eigenvalue weighted by molar-refractivity contribution is 9.10. The smallest absolute Gasteiger partial charge is 0.358 e. The number of aliphatic hydroxyl groups excluding tert-OH is 1. The summed E-state index contributed by atoms with van der Waals surface area (Å²) >= 11 is 3.46. The molecule has 2 heterocycles. The van der Waals surface area contributed by atoms with Crippen LogP contribution in [0.25, 0.3) is 5.69 Å². The van der Waals surface area contributed by atoms with E-state index in [0.717, 1.165) is 15.6 Å². The third-order valence-electron chi connectivity index (χ3n) is 5.62. The number of fused-ring (bicyclic) bond motifs is 1. The lowest BCUT2D eigenvalue weighted by atomic mass is 9.93. The Morgan fingerprint density at radius 1 is 1.19 bits per heavy atom. The maximum atomic E-state index is 13.7. The Morgan fingerprint density at radius 2 is 1.94 bits per heavy atom. The van der Waals surface area contributed by atoms with E-state index in [1.807, 2.05) is 37.3 Å². The molecule has 4 rings (SSSR count). The third-order valence-corrected chi connectivity index (χ3v) is 6.11. The lowest BCUT2D eigenvalue weighted by molar-refractivity contribution is 0.0518. The summed E-state index contributed by atoms with van der Waals surface area (Å²) in [5.41, 5.74) is 4.09. The molecule has 1 aliphatic heterocycles. The molecule has 1 N–H and O–H groups in total. The van der Waals surface area contributed by atoms with Crippen molar-refractivity contribution >= 4 is 27.8 Å². The summed E-state index contributed by atoms with van der Waals surface area (Å²) < 4.78 is 7.39. The standard InChI is InChI=1S/C24H24BrN3O4/c1-3-32-24(31)21-10-15(2)28(26-21)22-9-8-18(25)12-20(22)23(30)27-13-17-7-5-4-6-16(17)11-19(27)14-29/h4-10,12,19,29H,3,11,13-14H2,1-2H3. The maximum absolute atomic E-state index is 13.7. The van der Waals surface area contributed by atoms with E-state index in [9.17, 15) is 14.7 Å². The first-order valence-corrected chi connectivity index (χ1v) is 11.2. The molecule has 0 saturated heterocycles. The number of nitrogens with zero attached hydrogens (tertiary/aromatic N) is 3. The van der Waals surface area contributed by atoms with Crippen LogP contribution >= 0.6 is 15.9 Å². The predicted octanol–water partition coefficient (Wildman–Crippen LogP) is 3.68. The summed E-state index contributed by atoms with van der Waals surface area (Å²) in [7, 11) is 0. The van der Waals surface area contributed by atoms with Crippen LogP contribution < -0.4 is 0 Å². The Balaban J connectivity index is 1.75. The van der Waals surface area contributed by atoms with Crippen molar-refractivity contribution in [1.82, 2.24) is 14.7 Å². The molecule has 32 heavy (non-hydrogen) atoms. The van der Waals surface area contributed by atoms with Crippen molar-refractivity contribution in [1.29, 1.82) is 0 Å². The van der Waals surface area contributed by atoms with Crippen LogP contribution in [0.5, 0.6) is 0 Å². The van der Waals surface area contributed by atoms with Crippen LogP contribution in [0.3, 0.4) is 0 Å². The van der Waals surface area contributed by atoms with Gasteiger partial charge in [0.05, 0.1) is 30.5 Å². The summed E-state index contributed by atoms with van der Waals surface area (Å²) in [6, 6.07) is 14.7. The van der Waals surface area contributed by atoms with Gasteiger partial charge in [0, 0.05) is 16.7 Å². The van der Waals surface area contributed by atoms with Gasteiger partial charge in [-0.05, 0) is 55.7 Å². The van der Waals surface area contributed by atoms with Crippen LogP contribution in [0, 0.1) is 6.92 Å². The van der Waals surface area contributed by atoms with Gasteiger partial charge >= 0.3 is 5.97 Å². The van der Waals surface area contributed by atoms with E-state index < -0.39 is 5.97 Å². The van der Waals surface area contributed by atoms with Gasteiger partial charge in [-0.15, -0.1) is 0 Å². The molecule has 0 fully saturated rings. The van der Waals surface area contributed by atoms with Crippen LogP contribution in [-0.2, 0) is 17.7 Å². The first kappa shape index (κ1) is 22.2. The summed E-state index contributed by atoms with van der Waals surface area (Å²) in [6.45, 7) is 4.10. The fourth-order valence-corrected chi connectivity index (χ4v) is 4.39. The molecule has 2 aromatic carbocycles. The zero-order valence-corrected chi connectivity index (χ0v) is 19.5. The lowest BCUT2D eigenvalue weighted by Crippen LogP contribution is -2.46. The van der Waals surface area contributed by atoms with Crippen molar-refractivity contribution in [3.05, 3.63) is 81.1 Å². The monoisotopic (exact) mass is 497 g/mol. The highest BCUT2D eigenvalue weighted by Gasteiger charge is 2.31.